The summed E-state index contributed by atoms with van der Waals surface area (Å²) < 4.78 is 44.9. The van der Waals surface area contributed by atoms with Gasteiger partial charge in [-0.3, -0.25) is 10.1 Å². The summed E-state index contributed by atoms with van der Waals surface area (Å²) in [6.45, 7) is 1.37. The van der Waals surface area contributed by atoms with Crippen LogP contribution in [-0.2, 0) is 21.2 Å². The summed E-state index contributed by atoms with van der Waals surface area (Å²) in [6.07, 6.45) is 2.25. The lowest BCUT2D eigenvalue weighted by Crippen LogP contribution is -2.40. The molecule has 1 fully saturated rings. The van der Waals surface area contributed by atoms with Crippen molar-refractivity contribution in [2.75, 3.05) is 31.6 Å². The fourth-order valence-corrected chi connectivity index (χ4v) is 5.38. The van der Waals surface area contributed by atoms with Crippen LogP contribution in [0.1, 0.15) is 20.8 Å². The molecule has 0 aliphatic carbocycles. The molecule has 2 aromatic carbocycles. The molecule has 0 spiro atoms. The largest absolute Gasteiger partial charge is 0.379 e. The highest BCUT2D eigenvalue weighted by molar-refractivity contribution is 7.89. The van der Waals surface area contributed by atoms with Gasteiger partial charge in [-0.2, -0.15) is 4.31 Å². The zero-order valence-electron chi connectivity index (χ0n) is 16.5. The SMILES string of the molecule is O=C(Nc1ncc(Cc2ccc(F)cc2)s1)c1ccc(S(=O)(=O)N2CCOCC2)cc1. The molecule has 1 amide bonds. The van der Waals surface area contributed by atoms with Crippen LogP contribution in [0.3, 0.4) is 0 Å². The Bertz CT molecular complexity index is 1160. The van der Waals surface area contributed by atoms with Crippen molar-refractivity contribution in [3.05, 3.63) is 76.5 Å². The van der Waals surface area contributed by atoms with Crippen molar-refractivity contribution in [1.82, 2.24) is 9.29 Å². The average molecular weight is 462 g/mol. The third-order valence-corrected chi connectivity index (χ3v) is 7.62. The summed E-state index contributed by atoms with van der Waals surface area (Å²) in [5.74, 6) is -0.664. The Morgan fingerprint density at radius 3 is 2.45 bits per heavy atom. The minimum Gasteiger partial charge on any atom is -0.379 e. The molecule has 0 saturated carbocycles. The number of morpholine rings is 1. The monoisotopic (exact) mass is 461 g/mol. The molecule has 1 aliphatic rings. The molecule has 31 heavy (non-hydrogen) atoms. The van der Waals surface area contributed by atoms with Gasteiger partial charge in [0.15, 0.2) is 5.13 Å². The topological polar surface area (TPSA) is 88.6 Å². The molecule has 162 valence electrons. The van der Waals surface area contributed by atoms with E-state index >= 15 is 0 Å². The van der Waals surface area contributed by atoms with E-state index in [4.69, 9.17) is 4.74 Å². The smallest absolute Gasteiger partial charge is 0.257 e. The number of hydrogen-bond acceptors (Lipinski definition) is 6. The van der Waals surface area contributed by atoms with Crippen molar-refractivity contribution in [2.45, 2.75) is 11.3 Å². The van der Waals surface area contributed by atoms with Crippen LogP contribution < -0.4 is 5.32 Å². The van der Waals surface area contributed by atoms with Crippen molar-refractivity contribution < 1.29 is 22.3 Å². The third kappa shape index (κ3) is 5.16. The molecular formula is C21H20FN3O4S2. The molecular weight excluding hydrogens is 441 g/mol. The van der Waals surface area contributed by atoms with Gasteiger partial charge >= 0.3 is 0 Å². The number of carbonyl (C=O) groups is 1. The number of carbonyl (C=O) groups excluding carboxylic acids is 1. The van der Waals surface area contributed by atoms with Crippen LogP contribution in [0.25, 0.3) is 0 Å². The molecule has 3 aromatic rings. The fourth-order valence-electron chi connectivity index (χ4n) is 3.13. The van der Waals surface area contributed by atoms with E-state index in [1.807, 2.05) is 0 Å². The first-order chi connectivity index (χ1) is 14.9. The molecule has 1 N–H and O–H groups in total. The molecule has 7 nitrogen and oxygen atoms in total. The van der Waals surface area contributed by atoms with Gasteiger partial charge in [0.2, 0.25) is 10.0 Å². The zero-order chi connectivity index (χ0) is 21.8. The third-order valence-electron chi connectivity index (χ3n) is 4.79. The van der Waals surface area contributed by atoms with Gasteiger partial charge in [0.25, 0.3) is 5.91 Å². The molecule has 1 aromatic heterocycles. The molecule has 10 heteroatoms. The molecule has 1 aliphatic heterocycles. The van der Waals surface area contributed by atoms with Crippen molar-refractivity contribution >= 4 is 32.4 Å². The summed E-state index contributed by atoms with van der Waals surface area (Å²) in [5.41, 5.74) is 1.27. The maximum absolute atomic E-state index is 13.0. The molecule has 0 unspecified atom stereocenters. The highest BCUT2D eigenvalue weighted by atomic mass is 32.2. The van der Waals surface area contributed by atoms with Crippen molar-refractivity contribution in [3.63, 3.8) is 0 Å². The minimum atomic E-state index is -3.60. The Balaban J connectivity index is 1.40. The van der Waals surface area contributed by atoms with Crippen molar-refractivity contribution in [1.29, 1.82) is 0 Å². The van der Waals surface area contributed by atoms with E-state index in [1.165, 1.54) is 52.0 Å². The lowest BCUT2D eigenvalue weighted by Gasteiger charge is -2.26. The summed E-state index contributed by atoms with van der Waals surface area (Å²) in [7, 11) is -3.60. The predicted molar refractivity (Wildman–Crippen MR) is 115 cm³/mol. The molecule has 0 atom stereocenters. The van der Waals surface area contributed by atoms with Crippen LogP contribution >= 0.6 is 11.3 Å². The second kappa shape index (κ2) is 9.23. The highest BCUT2D eigenvalue weighted by Gasteiger charge is 2.26. The number of nitrogens with one attached hydrogen (secondary N) is 1. The normalized spacial score (nSPS) is 15.0. The van der Waals surface area contributed by atoms with Crippen LogP contribution in [0.4, 0.5) is 9.52 Å². The Hall–Kier alpha value is -2.66. The number of rotatable bonds is 6. The molecule has 2 heterocycles. The van der Waals surface area contributed by atoms with Gasteiger partial charge in [-0.1, -0.05) is 12.1 Å². The van der Waals surface area contributed by atoms with Crippen LogP contribution in [0.5, 0.6) is 0 Å². The van der Waals surface area contributed by atoms with E-state index < -0.39 is 10.0 Å². The van der Waals surface area contributed by atoms with E-state index in [0.717, 1.165) is 10.4 Å². The number of halogens is 1. The van der Waals surface area contributed by atoms with Crippen molar-refractivity contribution in [2.24, 2.45) is 0 Å². The van der Waals surface area contributed by atoms with Crippen LogP contribution in [0.15, 0.2) is 59.6 Å². The lowest BCUT2D eigenvalue weighted by atomic mass is 10.1. The predicted octanol–water partition coefficient (Wildman–Crippen LogP) is 3.15. The summed E-state index contributed by atoms with van der Waals surface area (Å²) in [5, 5.41) is 3.16. The summed E-state index contributed by atoms with van der Waals surface area (Å²) >= 11 is 1.33. The van der Waals surface area contributed by atoms with E-state index in [2.05, 4.69) is 10.3 Å². The van der Waals surface area contributed by atoms with E-state index in [1.54, 1.807) is 18.3 Å². The number of amides is 1. The van der Waals surface area contributed by atoms with E-state index in [0.29, 0.717) is 43.4 Å². The number of nitrogens with zero attached hydrogens (tertiary/aromatic N) is 2. The number of aromatic nitrogens is 1. The summed E-state index contributed by atoms with van der Waals surface area (Å²) in [4.78, 5) is 17.8. The number of hydrogen-bond donors (Lipinski definition) is 1. The van der Waals surface area contributed by atoms with Gasteiger partial charge in [0.05, 0.1) is 18.1 Å². The highest BCUT2D eigenvalue weighted by Crippen LogP contribution is 2.23. The Morgan fingerprint density at radius 2 is 1.77 bits per heavy atom. The Morgan fingerprint density at radius 1 is 1.10 bits per heavy atom. The lowest BCUT2D eigenvalue weighted by molar-refractivity contribution is 0.0730. The first-order valence-corrected chi connectivity index (χ1v) is 11.9. The maximum atomic E-state index is 13.0. The van der Waals surface area contributed by atoms with Crippen LogP contribution in [-0.4, -0.2) is 49.9 Å². The number of anilines is 1. The van der Waals surface area contributed by atoms with Gasteiger partial charge in [-0.15, -0.1) is 11.3 Å². The van der Waals surface area contributed by atoms with Crippen molar-refractivity contribution in [3.8, 4) is 0 Å². The summed E-state index contributed by atoms with van der Waals surface area (Å²) in [6, 6.07) is 12.1. The number of ether oxygens (including phenoxy) is 1. The van der Waals surface area contributed by atoms with Gasteiger partial charge in [0, 0.05) is 36.1 Å². The van der Waals surface area contributed by atoms with Crippen LogP contribution in [0, 0.1) is 5.82 Å². The standard InChI is InChI=1S/C21H20FN3O4S2/c22-17-5-1-15(2-6-17)13-18-14-23-21(30-18)24-20(26)16-3-7-19(8-4-16)31(27,28)25-9-11-29-12-10-25/h1-8,14H,9-13H2,(H,23,24,26). The molecule has 0 bridgehead atoms. The number of sulfonamides is 1. The maximum Gasteiger partial charge on any atom is 0.257 e. The first kappa shape index (κ1) is 21.6. The Kier molecular flexibility index (Phi) is 6.42. The average Bonchev–Trinajstić information content (AvgIpc) is 3.22. The fraction of sp³-hybridized carbons (Fsp3) is 0.238. The van der Waals surface area contributed by atoms with Gasteiger partial charge in [-0.05, 0) is 42.0 Å². The second-order valence-electron chi connectivity index (χ2n) is 6.93. The quantitative estimate of drug-likeness (QED) is 0.609. The molecule has 4 rings (SSSR count). The minimum absolute atomic E-state index is 0.141. The first-order valence-electron chi connectivity index (χ1n) is 9.60. The Labute approximate surface area is 183 Å². The van der Waals surface area contributed by atoms with E-state index in [-0.39, 0.29) is 16.6 Å². The molecule has 0 radical (unpaired) electrons. The number of benzene rings is 2. The second-order valence-corrected chi connectivity index (χ2v) is 9.98. The van der Waals surface area contributed by atoms with Gasteiger partial charge < -0.3 is 4.74 Å². The van der Waals surface area contributed by atoms with Gasteiger partial charge in [-0.25, -0.2) is 17.8 Å². The van der Waals surface area contributed by atoms with Crippen LogP contribution in [0.2, 0.25) is 0 Å². The van der Waals surface area contributed by atoms with E-state index in [9.17, 15) is 17.6 Å². The molecule has 1 saturated heterocycles. The van der Waals surface area contributed by atoms with Gasteiger partial charge in [0.1, 0.15) is 5.82 Å². The zero-order valence-corrected chi connectivity index (χ0v) is 18.1. The number of thiazole rings is 1.